The van der Waals surface area contributed by atoms with E-state index in [9.17, 15) is 4.79 Å². The number of carbonyl (C=O) groups excluding carboxylic acids is 1. The minimum Gasteiger partial charge on any atom is -0.493 e. The maximum atomic E-state index is 12.8. The summed E-state index contributed by atoms with van der Waals surface area (Å²) in [6, 6.07) is 14.1. The van der Waals surface area contributed by atoms with Crippen molar-refractivity contribution in [2.24, 2.45) is 0 Å². The van der Waals surface area contributed by atoms with Gasteiger partial charge in [0.25, 0.3) is 5.91 Å². The second kappa shape index (κ2) is 9.46. The number of ether oxygens (including phenoxy) is 2. The smallest absolute Gasteiger partial charge is 0.266 e. The molecular formula is C23H25NO3S2. The SMILES string of the molecule is COc1ccc(CCN2C(=O)/C(=C\c3ccc(C(C)C)cc3)SC2=S)cc1OC. The number of rotatable bonds is 7. The average molecular weight is 428 g/mol. The van der Waals surface area contributed by atoms with Gasteiger partial charge in [-0.25, -0.2) is 0 Å². The lowest BCUT2D eigenvalue weighted by Crippen LogP contribution is -2.30. The number of hydrogen-bond donors (Lipinski definition) is 0. The Kier molecular flexibility index (Phi) is 6.98. The molecule has 1 aliphatic rings. The van der Waals surface area contributed by atoms with Gasteiger partial charge in [-0.05, 0) is 47.2 Å². The first kappa shape index (κ1) is 21.4. The molecule has 3 rings (SSSR count). The van der Waals surface area contributed by atoms with Crippen molar-refractivity contribution < 1.29 is 14.3 Å². The van der Waals surface area contributed by atoms with Crippen LogP contribution in [0.3, 0.4) is 0 Å². The van der Waals surface area contributed by atoms with Crippen molar-refractivity contribution in [3.05, 3.63) is 64.1 Å². The molecule has 6 heteroatoms. The molecule has 1 saturated heterocycles. The lowest BCUT2D eigenvalue weighted by Gasteiger charge is -2.15. The quantitative estimate of drug-likeness (QED) is 0.444. The second-order valence-electron chi connectivity index (χ2n) is 7.09. The Balaban J connectivity index is 1.69. The van der Waals surface area contributed by atoms with Gasteiger partial charge in [0.1, 0.15) is 4.32 Å². The van der Waals surface area contributed by atoms with Crippen molar-refractivity contribution in [3.63, 3.8) is 0 Å². The number of thiocarbonyl (C=S) groups is 1. The zero-order valence-electron chi connectivity index (χ0n) is 17.1. The highest BCUT2D eigenvalue weighted by molar-refractivity contribution is 8.26. The van der Waals surface area contributed by atoms with E-state index in [4.69, 9.17) is 21.7 Å². The van der Waals surface area contributed by atoms with E-state index >= 15 is 0 Å². The molecular weight excluding hydrogens is 402 g/mol. The molecule has 1 aliphatic heterocycles. The lowest BCUT2D eigenvalue weighted by molar-refractivity contribution is -0.122. The van der Waals surface area contributed by atoms with Crippen LogP contribution >= 0.6 is 24.0 Å². The van der Waals surface area contributed by atoms with Crippen LogP contribution in [0.1, 0.15) is 36.5 Å². The van der Waals surface area contributed by atoms with E-state index in [2.05, 4.69) is 26.0 Å². The number of hydrogen-bond acceptors (Lipinski definition) is 5. The molecule has 0 aromatic heterocycles. The van der Waals surface area contributed by atoms with Gasteiger partial charge in [0.2, 0.25) is 0 Å². The summed E-state index contributed by atoms with van der Waals surface area (Å²) in [6.07, 6.45) is 2.60. The van der Waals surface area contributed by atoms with Gasteiger partial charge in [-0.15, -0.1) is 0 Å². The third kappa shape index (κ3) is 5.00. The Morgan fingerprint density at radius 2 is 1.76 bits per heavy atom. The van der Waals surface area contributed by atoms with Crippen molar-refractivity contribution in [2.45, 2.75) is 26.2 Å². The Labute approximate surface area is 181 Å². The molecule has 0 atom stereocenters. The molecule has 0 radical (unpaired) electrons. The predicted molar refractivity (Wildman–Crippen MR) is 124 cm³/mol. The molecule has 1 amide bonds. The normalized spacial score (nSPS) is 15.5. The highest BCUT2D eigenvalue weighted by Crippen LogP contribution is 2.33. The van der Waals surface area contributed by atoms with Crippen LogP contribution in [0.15, 0.2) is 47.4 Å². The zero-order chi connectivity index (χ0) is 21.0. The average Bonchev–Trinajstić information content (AvgIpc) is 2.99. The second-order valence-corrected chi connectivity index (χ2v) is 8.77. The number of thioether (sulfide) groups is 1. The Morgan fingerprint density at radius 3 is 2.38 bits per heavy atom. The van der Waals surface area contributed by atoms with Gasteiger partial charge >= 0.3 is 0 Å². The van der Waals surface area contributed by atoms with Gasteiger partial charge in [-0.3, -0.25) is 9.69 Å². The van der Waals surface area contributed by atoms with Crippen LogP contribution in [0.25, 0.3) is 6.08 Å². The van der Waals surface area contributed by atoms with E-state index in [-0.39, 0.29) is 5.91 Å². The first-order chi connectivity index (χ1) is 13.9. The minimum atomic E-state index is -0.0339. The van der Waals surface area contributed by atoms with Gasteiger partial charge in [0, 0.05) is 6.54 Å². The summed E-state index contributed by atoms with van der Waals surface area (Å²) in [5.74, 6) is 1.82. The third-order valence-electron chi connectivity index (χ3n) is 4.85. The van der Waals surface area contributed by atoms with Crippen LogP contribution in [0.2, 0.25) is 0 Å². The molecule has 29 heavy (non-hydrogen) atoms. The standard InChI is InChI=1S/C23H25NO3S2/c1-15(2)18-8-5-16(6-9-18)14-21-22(25)24(23(28)29-21)12-11-17-7-10-19(26-3)20(13-17)27-4/h5-10,13-15H,11-12H2,1-4H3/b21-14+. The molecule has 2 aromatic rings. The molecule has 0 spiro atoms. The maximum absolute atomic E-state index is 12.8. The lowest BCUT2D eigenvalue weighted by atomic mass is 10.0. The first-order valence-electron chi connectivity index (χ1n) is 9.49. The Morgan fingerprint density at radius 1 is 1.07 bits per heavy atom. The van der Waals surface area contributed by atoms with Crippen molar-refractivity contribution in [2.75, 3.05) is 20.8 Å². The van der Waals surface area contributed by atoms with Gasteiger partial charge in [-0.1, -0.05) is 68.2 Å². The molecule has 0 N–H and O–H groups in total. The highest BCUT2D eigenvalue weighted by atomic mass is 32.2. The summed E-state index contributed by atoms with van der Waals surface area (Å²) >= 11 is 6.81. The molecule has 0 unspecified atom stereocenters. The fraction of sp³-hybridized carbons (Fsp3) is 0.304. The fourth-order valence-corrected chi connectivity index (χ4v) is 4.41. The van der Waals surface area contributed by atoms with Crippen LogP contribution in [-0.4, -0.2) is 35.9 Å². The third-order valence-corrected chi connectivity index (χ3v) is 6.22. The van der Waals surface area contributed by atoms with E-state index in [1.54, 1.807) is 19.1 Å². The van der Waals surface area contributed by atoms with Gasteiger partial charge in [0.15, 0.2) is 11.5 Å². The van der Waals surface area contributed by atoms with Crippen LogP contribution < -0.4 is 9.47 Å². The van der Waals surface area contributed by atoms with E-state index in [0.717, 1.165) is 11.1 Å². The number of nitrogens with zero attached hydrogens (tertiary/aromatic N) is 1. The fourth-order valence-electron chi connectivity index (χ4n) is 3.10. The van der Waals surface area contributed by atoms with E-state index in [1.807, 2.05) is 36.4 Å². The van der Waals surface area contributed by atoms with Gasteiger partial charge in [0.05, 0.1) is 19.1 Å². The predicted octanol–water partition coefficient (Wildman–Crippen LogP) is 5.27. The van der Waals surface area contributed by atoms with Crippen LogP contribution in [0.5, 0.6) is 11.5 Å². The summed E-state index contributed by atoms with van der Waals surface area (Å²) in [7, 11) is 3.22. The van der Waals surface area contributed by atoms with E-state index < -0.39 is 0 Å². The molecule has 2 aromatic carbocycles. The number of methoxy groups -OCH3 is 2. The monoisotopic (exact) mass is 427 g/mol. The van der Waals surface area contributed by atoms with Crippen molar-refractivity contribution >= 4 is 40.3 Å². The molecule has 4 nitrogen and oxygen atoms in total. The summed E-state index contributed by atoms with van der Waals surface area (Å²) in [5, 5.41) is 0. The van der Waals surface area contributed by atoms with Crippen LogP contribution in [0.4, 0.5) is 0 Å². The van der Waals surface area contributed by atoms with Crippen molar-refractivity contribution in [1.82, 2.24) is 4.90 Å². The Hall–Kier alpha value is -2.31. The summed E-state index contributed by atoms with van der Waals surface area (Å²) in [6.45, 7) is 4.86. The molecule has 0 bridgehead atoms. The topological polar surface area (TPSA) is 38.8 Å². The largest absolute Gasteiger partial charge is 0.493 e. The van der Waals surface area contributed by atoms with Gasteiger partial charge in [-0.2, -0.15) is 0 Å². The summed E-state index contributed by atoms with van der Waals surface area (Å²) in [5.41, 5.74) is 3.35. The highest BCUT2D eigenvalue weighted by Gasteiger charge is 2.31. The molecule has 0 aliphatic carbocycles. The van der Waals surface area contributed by atoms with Gasteiger partial charge < -0.3 is 9.47 Å². The van der Waals surface area contributed by atoms with Crippen molar-refractivity contribution in [1.29, 1.82) is 0 Å². The van der Waals surface area contributed by atoms with E-state index in [0.29, 0.717) is 39.6 Å². The van der Waals surface area contributed by atoms with Crippen LogP contribution in [-0.2, 0) is 11.2 Å². The first-order valence-corrected chi connectivity index (χ1v) is 10.7. The van der Waals surface area contributed by atoms with Crippen LogP contribution in [0, 0.1) is 0 Å². The maximum Gasteiger partial charge on any atom is 0.266 e. The zero-order valence-corrected chi connectivity index (χ0v) is 18.7. The molecule has 0 saturated carbocycles. The Bertz CT molecular complexity index is 936. The van der Waals surface area contributed by atoms with Crippen molar-refractivity contribution in [3.8, 4) is 11.5 Å². The molecule has 1 fully saturated rings. The number of carbonyl (C=O) groups is 1. The summed E-state index contributed by atoms with van der Waals surface area (Å²) in [4.78, 5) is 15.2. The summed E-state index contributed by atoms with van der Waals surface area (Å²) < 4.78 is 11.2. The minimum absolute atomic E-state index is 0.0339. The molecule has 1 heterocycles. The van der Waals surface area contributed by atoms with E-state index in [1.165, 1.54) is 17.3 Å². The molecule has 152 valence electrons. The number of benzene rings is 2. The number of amides is 1.